The lowest BCUT2D eigenvalue weighted by Gasteiger charge is -2.06. The maximum Gasteiger partial charge on any atom is 0.284 e. The quantitative estimate of drug-likeness (QED) is 0.412. The fraction of sp³-hybridized carbons (Fsp3) is 0.0833. The molecule has 0 atom stereocenters. The third-order valence-electron chi connectivity index (χ3n) is 5.20. The first-order valence-corrected chi connectivity index (χ1v) is 9.89. The molecule has 0 fully saturated rings. The van der Waals surface area contributed by atoms with E-state index in [1.807, 2.05) is 78.9 Å². The monoisotopic (exact) mass is 409 g/mol. The Morgan fingerprint density at radius 3 is 2.45 bits per heavy atom. The molecule has 7 nitrogen and oxygen atoms in total. The standard InChI is InChI=1S/C24H19N5O2/c30-22(15-28-16-25-19-11-5-7-13-21(19)28)26-27-23-18-10-4-6-12-20(18)29(24(23)31)14-17-8-2-1-3-9-17/h1-13,16,31H,14-15H2. The lowest BCUT2D eigenvalue weighted by molar-refractivity contribution is -0.118. The van der Waals surface area contributed by atoms with Gasteiger partial charge < -0.3 is 14.2 Å². The zero-order valence-corrected chi connectivity index (χ0v) is 16.6. The van der Waals surface area contributed by atoms with Crippen LogP contribution in [-0.2, 0) is 17.9 Å². The van der Waals surface area contributed by atoms with Crippen molar-refractivity contribution in [1.29, 1.82) is 0 Å². The minimum Gasteiger partial charge on any atom is -0.493 e. The first-order chi connectivity index (χ1) is 15.2. The van der Waals surface area contributed by atoms with Crippen molar-refractivity contribution in [3.63, 3.8) is 0 Å². The number of imidazole rings is 1. The topological polar surface area (TPSA) is 84.8 Å². The Labute approximate surface area is 177 Å². The summed E-state index contributed by atoms with van der Waals surface area (Å²) in [4.78, 5) is 16.8. The molecular weight excluding hydrogens is 390 g/mol. The molecule has 0 spiro atoms. The highest BCUT2D eigenvalue weighted by molar-refractivity contribution is 5.95. The fourth-order valence-corrected chi connectivity index (χ4v) is 3.72. The molecule has 0 aliphatic heterocycles. The smallest absolute Gasteiger partial charge is 0.284 e. The van der Waals surface area contributed by atoms with Crippen molar-refractivity contribution in [1.82, 2.24) is 14.1 Å². The Morgan fingerprint density at radius 1 is 0.903 bits per heavy atom. The zero-order chi connectivity index (χ0) is 21.2. The summed E-state index contributed by atoms with van der Waals surface area (Å²) in [5, 5.41) is 19.6. The van der Waals surface area contributed by atoms with E-state index in [9.17, 15) is 9.90 Å². The molecule has 7 heteroatoms. The second-order valence-electron chi connectivity index (χ2n) is 7.22. The van der Waals surface area contributed by atoms with Crippen LogP contribution < -0.4 is 0 Å². The van der Waals surface area contributed by atoms with Crippen LogP contribution in [0.25, 0.3) is 21.9 Å². The van der Waals surface area contributed by atoms with Crippen molar-refractivity contribution in [2.45, 2.75) is 13.1 Å². The number of fused-ring (bicyclic) bond motifs is 2. The molecular formula is C24H19N5O2. The summed E-state index contributed by atoms with van der Waals surface area (Å²) >= 11 is 0. The number of hydrogen-bond donors (Lipinski definition) is 1. The number of hydrogen-bond acceptors (Lipinski definition) is 4. The number of rotatable bonds is 5. The first kappa shape index (κ1) is 18.7. The first-order valence-electron chi connectivity index (χ1n) is 9.89. The van der Waals surface area contributed by atoms with Gasteiger partial charge >= 0.3 is 0 Å². The summed E-state index contributed by atoms with van der Waals surface area (Å²) in [6.45, 7) is 0.505. The van der Waals surface area contributed by atoms with Crippen molar-refractivity contribution < 1.29 is 9.90 Å². The minimum absolute atomic E-state index is 0.0188. The number of aromatic nitrogens is 3. The summed E-state index contributed by atoms with van der Waals surface area (Å²) in [5.41, 5.74) is 3.83. The van der Waals surface area contributed by atoms with Crippen molar-refractivity contribution in [2.24, 2.45) is 10.2 Å². The summed E-state index contributed by atoms with van der Waals surface area (Å²) < 4.78 is 3.50. The van der Waals surface area contributed by atoms with E-state index >= 15 is 0 Å². The van der Waals surface area contributed by atoms with Crippen LogP contribution in [0.1, 0.15) is 5.56 Å². The molecule has 31 heavy (non-hydrogen) atoms. The molecule has 152 valence electrons. The number of para-hydroxylation sites is 3. The van der Waals surface area contributed by atoms with Gasteiger partial charge in [0.05, 0.1) is 29.4 Å². The van der Waals surface area contributed by atoms with Crippen LogP contribution in [0.5, 0.6) is 5.88 Å². The molecule has 5 aromatic rings. The van der Waals surface area contributed by atoms with E-state index in [0.29, 0.717) is 6.54 Å². The van der Waals surface area contributed by atoms with Crippen LogP contribution in [0.3, 0.4) is 0 Å². The predicted molar refractivity (Wildman–Crippen MR) is 118 cm³/mol. The summed E-state index contributed by atoms with van der Waals surface area (Å²) in [7, 11) is 0. The SMILES string of the molecule is O=C(Cn1cnc2ccccc21)N=Nc1c(O)n(Cc2ccccc2)c2ccccc12. The number of carbonyl (C=O) groups is 1. The Balaban J connectivity index is 1.45. The minimum atomic E-state index is -0.428. The maximum absolute atomic E-state index is 12.5. The molecule has 0 bridgehead atoms. The lowest BCUT2D eigenvalue weighted by atomic mass is 10.2. The Morgan fingerprint density at radius 2 is 1.61 bits per heavy atom. The van der Waals surface area contributed by atoms with Crippen molar-refractivity contribution in [3.8, 4) is 5.88 Å². The molecule has 0 aliphatic rings. The summed E-state index contributed by atoms with van der Waals surface area (Å²) in [6.07, 6.45) is 1.61. The normalized spacial score (nSPS) is 11.6. The average Bonchev–Trinajstić information content (AvgIpc) is 3.32. The predicted octanol–water partition coefficient (Wildman–Crippen LogP) is 5.06. The number of azo groups is 1. The highest BCUT2D eigenvalue weighted by atomic mass is 16.3. The van der Waals surface area contributed by atoms with Gasteiger partial charge in [-0.2, -0.15) is 0 Å². The van der Waals surface area contributed by atoms with Crippen LogP contribution in [0.4, 0.5) is 5.69 Å². The zero-order valence-electron chi connectivity index (χ0n) is 16.6. The third-order valence-corrected chi connectivity index (χ3v) is 5.20. The van der Waals surface area contributed by atoms with E-state index in [-0.39, 0.29) is 18.1 Å². The molecule has 0 aliphatic carbocycles. The number of nitrogens with zero attached hydrogens (tertiary/aromatic N) is 5. The van der Waals surface area contributed by atoms with Gasteiger partial charge in [0.15, 0.2) is 5.69 Å². The van der Waals surface area contributed by atoms with E-state index < -0.39 is 5.91 Å². The van der Waals surface area contributed by atoms with Gasteiger partial charge in [-0.3, -0.25) is 4.79 Å². The Bertz CT molecular complexity index is 1420. The lowest BCUT2D eigenvalue weighted by Crippen LogP contribution is -2.05. The van der Waals surface area contributed by atoms with Crippen molar-refractivity contribution >= 4 is 33.5 Å². The van der Waals surface area contributed by atoms with E-state index in [4.69, 9.17) is 0 Å². The maximum atomic E-state index is 12.5. The molecule has 2 heterocycles. The van der Waals surface area contributed by atoms with E-state index in [2.05, 4.69) is 15.2 Å². The number of amides is 1. The van der Waals surface area contributed by atoms with Gasteiger partial charge in [0.25, 0.3) is 5.91 Å². The van der Waals surface area contributed by atoms with Gasteiger partial charge in [0.1, 0.15) is 6.54 Å². The number of carbonyl (C=O) groups excluding carboxylic acids is 1. The van der Waals surface area contributed by atoms with Crippen LogP contribution >= 0.6 is 0 Å². The molecule has 3 aromatic carbocycles. The molecule has 0 saturated carbocycles. The molecule has 0 unspecified atom stereocenters. The highest BCUT2D eigenvalue weighted by Crippen LogP contribution is 2.39. The molecule has 1 amide bonds. The molecule has 1 N–H and O–H groups in total. The third kappa shape index (κ3) is 3.57. The fourth-order valence-electron chi connectivity index (χ4n) is 3.72. The second kappa shape index (κ2) is 7.87. The van der Waals surface area contributed by atoms with Gasteiger partial charge in [-0.15, -0.1) is 10.2 Å². The molecule has 2 aromatic heterocycles. The van der Waals surface area contributed by atoms with Gasteiger partial charge in [0, 0.05) is 5.39 Å². The van der Waals surface area contributed by atoms with Crippen LogP contribution in [0, 0.1) is 0 Å². The average molecular weight is 409 g/mol. The molecule has 0 radical (unpaired) electrons. The van der Waals surface area contributed by atoms with Crippen LogP contribution in [0.2, 0.25) is 0 Å². The summed E-state index contributed by atoms with van der Waals surface area (Å²) in [6, 6.07) is 25.0. The van der Waals surface area contributed by atoms with E-state index in [1.54, 1.807) is 15.5 Å². The van der Waals surface area contributed by atoms with Gasteiger partial charge in [0.2, 0.25) is 5.88 Å². The number of aromatic hydroxyl groups is 1. The largest absolute Gasteiger partial charge is 0.493 e. The highest BCUT2D eigenvalue weighted by Gasteiger charge is 2.17. The van der Waals surface area contributed by atoms with Crippen LogP contribution in [-0.4, -0.2) is 25.1 Å². The van der Waals surface area contributed by atoms with Gasteiger partial charge in [-0.1, -0.05) is 60.7 Å². The Kier molecular flexibility index (Phi) is 4.76. The Hall–Kier alpha value is -4.26. The van der Waals surface area contributed by atoms with E-state index in [1.165, 1.54) is 0 Å². The summed E-state index contributed by atoms with van der Waals surface area (Å²) in [5.74, 6) is -0.447. The molecule has 0 saturated heterocycles. The van der Waals surface area contributed by atoms with Crippen LogP contribution in [0.15, 0.2) is 95.4 Å². The van der Waals surface area contributed by atoms with Gasteiger partial charge in [-0.05, 0) is 23.8 Å². The number of benzene rings is 3. The van der Waals surface area contributed by atoms with Crippen molar-refractivity contribution in [2.75, 3.05) is 0 Å². The second-order valence-corrected chi connectivity index (χ2v) is 7.22. The molecule has 5 rings (SSSR count). The van der Waals surface area contributed by atoms with Crippen molar-refractivity contribution in [3.05, 3.63) is 90.8 Å². The van der Waals surface area contributed by atoms with Gasteiger partial charge in [-0.25, -0.2) is 4.98 Å². The van der Waals surface area contributed by atoms with E-state index in [0.717, 1.165) is 27.5 Å².